The Morgan fingerprint density at radius 1 is 1.33 bits per heavy atom. The molecule has 3 aromatic rings. The van der Waals surface area contributed by atoms with Crippen molar-refractivity contribution in [2.75, 3.05) is 24.2 Å². The van der Waals surface area contributed by atoms with Crippen molar-refractivity contribution in [3.05, 3.63) is 42.2 Å². The van der Waals surface area contributed by atoms with E-state index in [9.17, 15) is 14.5 Å². The van der Waals surface area contributed by atoms with Gasteiger partial charge in [0.25, 0.3) is 0 Å². The average Bonchev–Trinajstić information content (AvgIpc) is 3.31. The topological polar surface area (TPSA) is 177 Å². The van der Waals surface area contributed by atoms with E-state index in [1.807, 2.05) is 0 Å². The number of benzene rings is 1. The second-order valence-electron chi connectivity index (χ2n) is 8.45. The van der Waals surface area contributed by atoms with Gasteiger partial charge >= 0.3 is 7.60 Å². The van der Waals surface area contributed by atoms with Gasteiger partial charge < -0.3 is 25.8 Å². The number of carbonyl (C=O) groups excluding carboxylic acids is 1. The molecule has 3 heterocycles. The summed E-state index contributed by atoms with van der Waals surface area (Å²) in [6.07, 6.45) is -1.61. The molecule has 0 spiro atoms. The molecule has 0 amide bonds. The number of aliphatic hydroxyl groups is 1. The Labute approximate surface area is 223 Å². The Morgan fingerprint density at radius 3 is 2.69 bits per heavy atom. The highest BCUT2D eigenvalue weighted by atomic mass is 79.9. The predicted molar refractivity (Wildman–Crippen MR) is 139 cm³/mol. The van der Waals surface area contributed by atoms with Crippen LogP contribution in [0.15, 0.2) is 36.5 Å². The van der Waals surface area contributed by atoms with E-state index in [0.29, 0.717) is 11.4 Å². The van der Waals surface area contributed by atoms with Crippen molar-refractivity contribution in [3.8, 4) is 5.75 Å². The summed E-state index contributed by atoms with van der Waals surface area (Å²) in [5.74, 6) is -0.368. The van der Waals surface area contributed by atoms with Crippen LogP contribution in [-0.4, -0.2) is 58.7 Å². The molecule has 1 fully saturated rings. The molecule has 0 aliphatic carbocycles. The zero-order valence-electron chi connectivity index (χ0n) is 19.3. The Hall–Kier alpha value is -2.09. The van der Waals surface area contributed by atoms with Gasteiger partial charge in [0, 0.05) is 5.92 Å². The number of alkyl halides is 2. The number of carbonyl (C=O) groups is 1. The molecule has 0 bridgehead atoms. The van der Waals surface area contributed by atoms with Gasteiger partial charge in [0.15, 0.2) is 11.5 Å². The number of nitrogens with two attached hydrogens (primary N) is 2. The predicted octanol–water partition coefficient (Wildman–Crippen LogP) is 3.09. The first kappa shape index (κ1) is 27.0. The van der Waals surface area contributed by atoms with Crippen molar-refractivity contribution in [2.24, 2.45) is 5.92 Å². The van der Waals surface area contributed by atoms with Crippen LogP contribution in [0.25, 0.3) is 5.65 Å². The zero-order chi connectivity index (χ0) is 26.3. The summed E-state index contributed by atoms with van der Waals surface area (Å²) in [7, 11) is -3.82. The molecule has 36 heavy (non-hydrogen) atoms. The number of hydrogen-bond acceptors (Lipinski definition) is 11. The zero-order valence-corrected chi connectivity index (χ0v) is 23.4. The van der Waals surface area contributed by atoms with Crippen molar-refractivity contribution in [1.29, 1.82) is 0 Å². The van der Waals surface area contributed by atoms with Crippen LogP contribution in [0.2, 0.25) is 0 Å². The van der Waals surface area contributed by atoms with Crippen LogP contribution in [-0.2, 0) is 18.6 Å². The van der Waals surface area contributed by atoms with E-state index in [-0.39, 0.29) is 36.0 Å². The van der Waals surface area contributed by atoms with Crippen LogP contribution in [0, 0.1) is 5.92 Å². The molecule has 4 rings (SSSR count). The van der Waals surface area contributed by atoms with Crippen molar-refractivity contribution in [1.82, 2.24) is 19.6 Å². The van der Waals surface area contributed by atoms with Gasteiger partial charge in [-0.05, 0) is 19.1 Å². The number of ether oxygens (including phenoxy) is 1. The number of imidazole rings is 1. The first-order chi connectivity index (χ1) is 16.9. The highest BCUT2D eigenvalue weighted by molar-refractivity contribution is 9.25. The molecule has 12 nitrogen and oxygen atoms in total. The molecule has 5 atom stereocenters. The third kappa shape index (κ3) is 5.43. The molecule has 15 heteroatoms. The number of hydrogen-bond donors (Lipinski definition) is 3. The molecule has 1 aromatic carbocycles. The maximum atomic E-state index is 13.7. The normalized spacial score (nSPS) is 23.9. The van der Waals surface area contributed by atoms with Crippen molar-refractivity contribution >= 4 is 62.7 Å². The molecule has 1 aliphatic heterocycles. The van der Waals surface area contributed by atoms with Gasteiger partial charge in [0.2, 0.25) is 5.95 Å². The molecule has 194 valence electrons. The van der Waals surface area contributed by atoms with E-state index in [1.54, 1.807) is 37.3 Å². The second-order valence-corrected chi connectivity index (χ2v) is 14.2. The SMILES string of the molecule is CC(=O)[C@H](C)CP(=O)(OC[C@H]1O[C@@H](c2cnc3c(N)nc(N)nn23)C(Br)(Br)[C@H]1O)Oc1ccccc1. The highest BCUT2D eigenvalue weighted by Gasteiger charge is 2.55. The summed E-state index contributed by atoms with van der Waals surface area (Å²) in [6, 6.07) is 8.52. The lowest BCUT2D eigenvalue weighted by Gasteiger charge is -2.24. The standard InChI is InChI=1S/C21H25Br2N6O6P/c1-11(12(2)30)10-36(32,35-13-6-4-3-5-7-13)33-9-15-16(31)21(22,23)17(34-15)14-8-26-19-18(24)27-20(25)28-29(14)19/h3-8,11,15-17,31H,9-10H2,1-2H3,(H4,24,25,27,28)/t11-,15-,16+,17+,36?/m1/s1. The number of halogens is 2. The third-order valence-electron chi connectivity index (χ3n) is 5.72. The minimum atomic E-state index is -3.82. The van der Waals surface area contributed by atoms with Crippen LogP contribution >= 0.6 is 39.5 Å². The van der Waals surface area contributed by atoms with Gasteiger partial charge in [0.1, 0.15) is 33.1 Å². The number of para-hydroxylation sites is 1. The quantitative estimate of drug-likeness (QED) is 0.230. The fraction of sp³-hybridized carbons (Fsp3) is 0.429. The minimum Gasteiger partial charge on any atom is -0.424 e. The van der Waals surface area contributed by atoms with Crippen LogP contribution in [0.3, 0.4) is 0 Å². The fourth-order valence-corrected chi connectivity index (χ4v) is 6.92. The monoisotopic (exact) mass is 646 g/mol. The van der Waals surface area contributed by atoms with Crippen LogP contribution < -0.4 is 16.0 Å². The van der Waals surface area contributed by atoms with E-state index in [0.717, 1.165) is 0 Å². The number of nitrogens with zero attached hydrogens (tertiary/aromatic N) is 4. The maximum absolute atomic E-state index is 13.7. The first-order valence-electron chi connectivity index (χ1n) is 10.9. The van der Waals surface area contributed by atoms with E-state index >= 15 is 0 Å². The molecule has 0 saturated carbocycles. The van der Waals surface area contributed by atoms with Crippen molar-refractivity contribution in [2.45, 2.75) is 35.4 Å². The van der Waals surface area contributed by atoms with Crippen molar-refractivity contribution < 1.29 is 28.3 Å². The van der Waals surface area contributed by atoms with Gasteiger partial charge in [-0.15, -0.1) is 5.10 Å². The van der Waals surface area contributed by atoms with Crippen LogP contribution in [0.5, 0.6) is 5.75 Å². The van der Waals surface area contributed by atoms with Gasteiger partial charge in [-0.1, -0.05) is 57.0 Å². The van der Waals surface area contributed by atoms with Crippen LogP contribution in [0.1, 0.15) is 25.6 Å². The van der Waals surface area contributed by atoms with E-state index < -0.39 is 35.1 Å². The van der Waals surface area contributed by atoms with Gasteiger partial charge in [-0.2, -0.15) is 4.98 Å². The first-order valence-corrected chi connectivity index (χ1v) is 14.2. The molecule has 0 radical (unpaired) electrons. The maximum Gasteiger partial charge on any atom is 0.379 e. The Bertz CT molecular complexity index is 1310. The number of Topliss-reactive ketones (excluding diaryl/α,β-unsaturated/α-hetero) is 1. The number of aromatic nitrogens is 4. The number of nitrogen functional groups attached to an aromatic ring is 2. The van der Waals surface area contributed by atoms with E-state index in [2.05, 4.69) is 46.9 Å². The van der Waals surface area contributed by atoms with Gasteiger partial charge in [0.05, 0.1) is 24.7 Å². The summed E-state index contributed by atoms with van der Waals surface area (Å²) < 4.78 is 31.4. The molecule has 2 aromatic heterocycles. The number of fused-ring (bicyclic) bond motifs is 1. The summed E-state index contributed by atoms with van der Waals surface area (Å²) in [5, 5.41) is 15.2. The number of anilines is 2. The number of rotatable bonds is 9. The highest BCUT2D eigenvalue weighted by Crippen LogP contribution is 2.54. The molecule has 1 aliphatic rings. The number of ketones is 1. The Morgan fingerprint density at radius 2 is 2.03 bits per heavy atom. The van der Waals surface area contributed by atoms with E-state index in [4.69, 9.17) is 25.3 Å². The lowest BCUT2D eigenvalue weighted by Crippen LogP contribution is -2.36. The molecular formula is C21H25Br2N6O6P. The van der Waals surface area contributed by atoms with E-state index in [1.165, 1.54) is 17.6 Å². The molecule has 1 unspecified atom stereocenters. The summed E-state index contributed by atoms with van der Waals surface area (Å²) in [5.41, 5.74) is 12.3. The minimum absolute atomic E-state index is 0.0639. The largest absolute Gasteiger partial charge is 0.424 e. The molecular weight excluding hydrogens is 623 g/mol. The number of aliphatic hydroxyl groups excluding tert-OH is 1. The van der Waals surface area contributed by atoms with Gasteiger partial charge in [-0.25, -0.2) is 14.1 Å². The molecule has 5 N–H and O–H groups in total. The third-order valence-corrected chi connectivity index (χ3v) is 9.52. The van der Waals surface area contributed by atoms with Gasteiger partial charge in [-0.3, -0.25) is 9.32 Å². The lowest BCUT2D eigenvalue weighted by molar-refractivity contribution is -0.119. The molecule has 1 saturated heterocycles. The summed E-state index contributed by atoms with van der Waals surface area (Å²) in [6.45, 7) is 2.77. The van der Waals surface area contributed by atoms with Crippen molar-refractivity contribution in [3.63, 3.8) is 0 Å². The van der Waals surface area contributed by atoms with Crippen LogP contribution in [0.4, 0.5) is 11.8 Å². The Kier molecular flexibility index (Phi) is 7.75. The summed E-state index contributed by atoms with van der Waals surface area (Å²) in [4.78, 5) is 20.0. The lowest BCUT2D eigenvalue weighted by atomic mass is 10.1. The average molecular weight is 648 g/mol. The Balaban J connectivity index is 1.57. The second kappa shape index (κ2) is 10.3. The smallest absolute Gasteiger partial charge is 0.379 e. The fourth-order valence-electron chi connectivity index (χ4n) is 3.67. The summed E-state index contributed by atoms with van der Waals surface area (Å²) >= 11 is 6.97.